The van der Waals surface area contributed by atoms with Crippen molar-refractivity contribution in [1.29, 1.82) is 0 Å². The molecule has 7 heteroatoms. The van der Waals surface area contributed by atoms with Gasteiger partial charge >= 0.3 is 12.0 Å². The highest BCUT2D eigenvalue weighted by Crippen LogP contribution is 2.14. The van der Waals surface area contributed by atoms with Crippen molar-refractivity contribution < 1.29 is 19.1 Å². The van der Waals surface area contributed by atoms with Crippen molar-refractivity contribution in [3.63, 3.8) is 0 Å². The Labute approximate surface area is 109 Å². The van der Waals surface area contributed by atoms with Crippen molar-refractivity contribution in [3.05, 3.63) is 23.2 Å². The number of hydrogen-bond donors (Lipinski definition) is 3. The van der Waals surface area contributed by atoms with E-state index in [4.69, 9.17) is 9.52 Å². The molecule has 0 bridgehead atoms. The monoisotopic (exact) mass is 272 g/mol. The molecule has 0 fully saturated rings. The molecule has 18 heavy (non-hydrogen) atoms. The van der Waals surface area contributed by atoms with E-state index in [2.05, 4.69) is 10.6 Å². The Bertz CT molecular complexity index is 431. The Kier molecular flexibility index (Phi) is 5.57. The van der Waals surface area contributed by atoms with E-state index in [9.17, 15) is 9.59 Å². The molecule has 1 aromatic heterocycles. The number of nitrogens with one attached hydrogen (secondary N) is 2. The fourth-order valence-corrected chi connectivity index (χ4v) is 1.65. The lowest BCUT2D eigenvalue weighted by Crippen LogP contribution is -2.36. The third kappa shape index (κ3) is 4.33. The summed E-state index contributed by atoms with van der Waals surface area (Å²) < 4.78 is 5.22. The number of carbonyl (C=O) groups is 2. The number of hydrogen-bond acceptors (Lipinski definition) is 4. The summed E-state index contributed by atoms with van der Waals surface area (Å²) in [4.78, 5) is 22.1. The highest BCUT2D eigenvalue weighted by atomic mass is 32.2. The molecule has 0 spiro atoms. The third-order valence-corrected chi connectivity index (χ3v) is 2.83. The molecule has 6 nitrogen and oxygen atoms in total. The molecule has 0 unspecified atom stereocenters. The van der Waals surface area contributed by atoms with Crippen molar-refractivity contribution in [2.75, 3.05) is 18.6 Å². The zero-order chi connectivity index (χ0) is 13.5. The lowest BCUT2D eigenvalue weighted by atomic mass is 10.2. The first-order valence-electron chi connectivity index (χ1n) is 5.38. The molecular formula is C11H16N2O4S. The van der Waals surface area contributed by atoms with Crippen LogP contribution in [0.2, 0.25) is 0 Å². The molecular weight excluding hydrogens is 256 g/mol. The van der Waals surface area contributed by atoms with Gasteiger partial charge in [-0.25, -0.2) is 9.59 Å². The minimum Gasteiger partial charge on any atom is -0.478 e. The second-order valence-corrected chi connectivity index (χ2v) is 4.58. The molecule has 3 N–H and O–H groups in total. The van der Waals surface area contributed by atoms with Crippen LogP contribution >= 0.6 is 11.8 Å². The van der Waals surface area contributed by atoms with E-state index in [0.717, 1.165) is 5.75 Å². The maximum absolute atomic E-state index is 11.3. The van der Waals surface area contributed by atoms with Crippen LogP contribution in [-0.2, 0) is 6.54 Å². The molecule has 100 valence electrons. The minimum atomic E-state index is -1.04. The molecule has 2 amide bonds. The Morgan fingerprint density at radius 2 is 2.17 bits per heavy atom. The zero-order valence-electron chi connectivity index (χ0n) is 10.3. The number of carboxylic acid groups (broad SMARTS) is 1. The van der Waals surface area contributed by atoms with Crippen molar-refractivity contribution in [1.82, 2.24) is 10.6 Å². The van der Waals surface area contributed by atoms with Gasteiger partial charge in [0, 0.05) is 12.3 Å². The summed E-state index contributed by atoms with van der Waals surface area (Å²) in [6.07, 6.45) is 1.96. The summed E-state index contributed by atoms with van der Waals surface area (Å²) in [5.41, 5.74) is 0.120. The first-order valence-corrected chi connectivity index (χ1v) is 6.77. The Morgan fingerprint density at radius 1 is 1.44 bits per heavy atom. The number of carbonyl (C=O) groups excluding carboxylic acids is 1. The number of thioether (sulfide) groups is 1. The van der Waals surface area contributed by atoms with E-state index in [1.807, 2.05) is 6.26 Å². The molecule has 0 saturated heterocycles. The average Bonchev–Trinajstić information content (AvgIpc) is 2.68. The summed E-state index contributed by atoms with van der Waals surface area (Å²) in [7, 11) is 0. The molecule has 1 aromatic rings. The van der Waals surface area contributed by atoms with Gasteiger partial charge < -0.3 is 20.2 Å². The number of urea groups is 1. The van der Waals surface area contributed by atoms with Gasteiger partial charge in [0.1, 0.15) is 17.1 Å². The van der Waals surface area contributed by atoms with E-state index >= 15 is 0 Å². The standard InChI is InChI=1S/C11H16N2O4S/c1-7-9(10(14)15)5-8(17-7)6-13-11(16)12-3-4-18-2/h5H,3-4,6H2,1-2H3,(H,14,15)(H2,12,13,16). The van der Waals surface area contributed by atoms with Crippen LogP contribution in [0.3, 0.4) is 0 Å². The molecule has 0 saturated carbocycles. The van der Waals surface area contributed by atoms with Gasteiger partial charge in [0.2, 0.25) is 0 Å². The summed E-state index contributed by atoms with van der Waals surface area (Å²) in [5, 5.41) is 14.1. The molecule has 0 aliphatic carbocycles. The first-order chi connectivity index (χ1) is 8.54. The number of carboxylic acids is 1. The molecule has 1 rings (SSSR count). The van der Waals surface area contributed by atoms with Gasteiger partial charge in [-0.1, -0.05) is 0 Å². The van der Waals surface area contributed by atoms with Gasteiger partial charge in [0.25, 0.3) is 0 Å². The highest BCUT2D eigenvalue weighted by molar-refractivity contribution is 7.98. The Hall–Kier alpha value is -1.63. The predicted octanol–water partition coefficient (Wildman–Crippen LogP) is 1.45. The third-order valence-electron chi connectivity index (χ3n) is 2.21. The second kappa shape index (κ2) is 6.95. The minimum absolute atomic E-state index is 0.120. The quantitative estimate of drug-likeness (QED) is 0.682. The SMILES string of the molecule is CSCCNC(=O)NCc1cc(C(=O)O)c(C)o1. The van der Waals surface area contributed by atoms with Crippen molar-refractivity contribution >= 4 is 23.8 Å². The van der Waals surface area contributed by atoms with E-state index < -0.39 is 5.97 Å². The number of aryl methyl sites for hydroxylation is 1. The van der Waals surface area contributed by atoms with Crippen LogP contribution in [0, 0.1) is 6.92 Å². The summed E-state index contributed by atoms with van der Waals surface area (Å²) in [5.74, 6) is 0.565. The van der Waals surface area contributed by atoms with Gasteiger partial charge in [-0.3, -0.25) is 0 Å². The Balaban J connectivity index is 2.41. The molecule has 0 radical (unpaired) electrons. The largest absolute Gasteiger partial charge is 0.478 e. The van der Waals surface area contributed by atoms with Crippen LogP contribution in [0.1, 0.15) is 21.9 Å². The second-order valence-electron chi connectivity index (χ2n) is 3.59. The molecule has 0 aliphatic rings. The van der Waals surface area contributed by atoms with Crippen LogP contribution < -0.4 is 10.6 Å². The normalized spacial score (nSPS) is 10.1. The van der Waals surface area contributed by atoms with Crippen molar-refractivity contribution in [2.45, 2.75) is 13.5 Å². The smallest absolute Gasteiger partial charge is 0.339 e. The van der Waals surface area contributed by atoms with Gasteiger partial charge in [-0.15, -0.1) is 0 Å². The number of aromatic carboxylic acids is 1. The fraction of sp³-hybridized carbons (Fsp3) is 0.455. The lowest BCUT2D eigenvalue weighted by Gasteiger charge is -2.04. The summed E-state index contributed by atoms with van der Waals surface area (Å²) in [6.45, 7) is 2.33. The Morgan fingerprint density at radius 3 is 2.72 bits per heavy atom. The van der Waals surface area contributed by atoms with E-state index in [1.54, 1.807) is 18.7 Å². The maximum atomic E-state index is 11.3. The first kappa shape index (κ1) is 14.4. The van der Waals surface area contributed by atoms with Crippen LogP contribution in [0.25, 0.3) is 0 Å². The summed E-state index contributed by atoms with van der Waals surface area (Å²) >= 11 is 1.64. The van der Waals surface area contributed by atoms with Crippen LogP contribution in [0.5, 0.6) is 0 Å². The molecule has 0 aliphatic heterocycles. The van der Waals surface area contributed by atoms with Crippen molar-refractivity contribution in [3.8, 4) is 0 Å². The van der Waals surface area contributed by atoms with Gasteiger partial charge in [-0.2, -0.15) is 11.8 Å². The van der Waals surface area contributed by atoms with E-state index in [0.29, 0.717) is 18.1 Å². The van der Waals surface area contributed by atoms with Crippen LogP contribution in [0.15, 0.2) is 10.5 Å². The molecule has 0 aromatic carbocycles. The zero-order valence-corrected chi connectivity index (χ0v) is 11.1. The maximum Gasteiger partial charge on any atom is 0.339 e. The van der Waals surface area contributed by atoms with E-state index in [-0.39, 0.29) is 18.1 Å². The number of furan rings is 1. The average molecular weight is 272 g/mol. The van der Waals surface area contributed by atoms with Crippen LogP contribution in [-0.4, -0.2) is 35.7 Å². The molecule has 0 atom stereocenters. The van der Waals surface area contributed by atoms with E-state index in [1.165, 1.54) is 6.07 Å². The van der Waals surface area contributed by atoms with Gasteiger partial charge in [0.05, 0.1) is 6.54 Å². The van der Waals surface area contributed by atoms with Crippen molar-refractivity contribution in [2.24, 2.45) is 0 Å². The number of rotatable bonds is 6. The lowest BCUT2D eigenvalue weighted by molar-refractivity contribution is 0.0695. The number of amides is 2. The highest BCUT2D eigenvalue weighted by Gasteiger charge is 2.13. The summed E-state index contributed by atoms with van der Waals surface area (Å²) in [6, 6.07) is 1.12. The van der Waals surface area contributed by atoms with Gasteiger partial charge in [0.15, 0.2) is 0 Å². The molecule has 1 heterocycles. The van der Waals surface area contributed by atoms with Crippen LogP contribution in [0.4, 0.5) is 4.79 Å². The topological polar surface area (TPSA) is 91.6 Å². The van der Waals surface area contributed by atoms with Gasteiger partial charge in [-0.05, 0) is 19.2 Å². The predicted molar refractivity (Wildman–Crippen MR) is 69.0 cm³/mol. The fourth-order valence-electron chi connectivity index (χ4n) is 1.34.